The zero-order valence-corrected chi connectivity index (χ0v) is 14.3. The number of rotatable bonds is 5. The first kappa shape index (κ1) is 15.3. The maximum absolute atomic E-state index is 5.34. The molecule has 0 saturated carbocycles. The van der Waals surface area contributed by atoms with Crippen molar-refractivity contribution in [3.63, 3.8) is 0 Å². The third-order valence-electron chi connectivity index (χ3n) is 3.37. The van der Waals surface area contributed by atoms with Gasteiger partial charge < -0.3 is 9.64 Å². The van der Waals surface area contributed by atoms with Gasteiger partial charge in [-0.25, -0.2) is 0 Å². The molecular weight excluding hydrogens is 286 g/mol. The van der Waals surface area contributed by atoms with Gasteiger partial charge in [0.2, 0.25) is 0 Å². The van der Waals surface area contributed by atoms with Crippen molar-refractivity contribution in [1.29, 1.82) is 0 Å². The van der Waals surface area contributed by atoms with E-state index < -0.39 is 0 Å². The second kappa shape index (κ2) is 6.55. The van der Waals surface area contributed by atoms with Crippen molar-refractivity contribution in [3.8, 4) is 16.9 Å². The Hall–Kier alpha value is -1.13. The number of methoxy groups -OCH3 is 1. The number of hydrogen-bond donors (Lipinski definition) is 0. The fraction of sp³-hybridized carbons (Fsp3) is 0.375. The van der Waals surface area contributed by atoms with Gasteiger partial charge in [-0.3, -0.25) is 0 Å². The third kappa shape index (κ3) is 3.13. The summed E-state index contributed by atoms with van der Waals surface area (Å²) in [5.74, 6) is 0.901. The molecule has 1 aromatic carbocycles. The van der Waals surface area contributed by atoms with E-state index in [1.165, 1.54) is 20.3 Å². The zero-order chi connectivity index (χ0) is 14.7. The lowest BCUT2D eigenvalue weighted by molar-refractivity contribution is 0.415. The first-order valence-electron chi connectivity index (χ1n) is 6.62. The molecule has 2 nitrogen and oxygen atoms in total. The van der Waals surface area contributed by atoms with Crippen molar-refractivity contribution in [3.05, 3.63) is 30.3 Å². The maximum atomic E-state index is 5.34. The molecule has 0 spiro atoms. The summed E-state index contributed by atoms with van der Waals surface area (Å²) >= 11 is 3.65. The largest absolute Gasteiger partial charge is 0.497 e. The minimum atomic E-state index is 0.479. The van der Waals surface area contributed by atoms with Gasteiger partial charge in [-0.05, 0) is 43.9 Å². The van der Waals surface area contributed by atoms with Crippen molar-refractivity contribution in [2.45, 2.75) is 24.1 Å². The van der Waals surface area contributed by atoms with E-state index in [9.17, 15) is 0 Å². The van der Waals surface area contributed by atoms with Crippen molar-refractivity contribution in [2.75, 3.05) is 25.3 Å². The SMILES string of the molecule is COc1cccc(-c2cc(SC)sc2N(C)C(C)C)c1. The molecule has 0 amide bonds. The van der Waals surface area contributed by atoms with E-state index in [-0.39, 0.29) is 0 Å². The van der Waals surface area contributed by atoms with Gasteiger partial charge in [0.05, 0.1) is 16.3 Å². The highest BCUT2D eigenvalue weighted by molar-refractivity contribution is 8.00. The van der Waals surface area contributed by atoms with Gasteiger partial charge >= 0.3 is 0 Å². The Morgan fingerprint density at radius 3 is 2.60 bits per heavy atom. The number of hydrogen-bond acceptors (Lipinski definition) is 4. The average Bonchev–Trinajstić information content (AvgIpc) is 2.90. The number of ether oxygens (including phenoxy) is 1. The van der Waals surface area contributed by atoms with Crippen LogP contribution in [0.5, 0.6) is 5.75 Å². The Labute approximate surface area is 129 Å². The molecule has 1 heterocycles. The number of benzene rings is 1. The Morgan fingerprint density at radius 1 is 1.25 bits per heavy atom. The van der Waals surface area contributed by atoms with Crippen LogP contribution in [0.25, 0.3) is 11.1 Å². The van der Waals surface area contributed by atoms with Crippen LogP contribution in [0, 0.1) is 0 Å². The number of thiophene rings is 1. The van der Waals surface area contributed by atoms with Crippen LogP contribution in [0.1, 0.15) is 13.8 Å². The van der Waals surface area contributed by atoms with Crippen LogP contribution >= 0.6 is 23.1 Å². The highest BCUT2D eigenvalue weighted by atomic mass is 32.2. The molecule has 0 aliphatic rings. The van der Waals surface area contributed by atoms with Crippen molar-refractivity contribution in [1.82, 2.24) is 0 Å². The molecule has 0 unspecified atom stereocenters. The van der Waals surface area contributed by atoms with Gasteiger partial charge in [-0.15, -0.1) is 23.1 Å². The van der Waals surface area contributed by atoms with E-state index in [1.807, 2.05) is 23.5 Å². The molecule has 0 N–H and O–H groups in total. The van der Waals surface area contributed by atoms with Gasteiger partial charge in [0.15, 0.2) is 0 Å². The van der Waals surface area contributed by atoms with Gasteiger partial charge in [0.25, 0.3) is 0 Å². The monoisotopic (exact) mass is 307 g/mol. The summed E-state index contributed by atoms with van der Waals surface area (Å²) < 4.78 is 6.68. The first-order chi connectivity index (χ1) is 9.56. The Balaban J connectivity index is 2.51. The highest BCUT2D eigenvalue weighted by Crippen LogP contribution is 2.43. The summed E-state index contributed by atoms with van der Waals surface area (Å²) in [7, 11) is 3.87. The summed E-state index contributed by atoms with van der Waals surface area (Å²) in [4.78, 5) is 2.33. The van der Waals surface area contributed by atoms with E-state index in [0.717, 1.165) is 5.75 Å². The normalized spacial score (nSPS) is 10.9. The van der Waals surface area contributed by atoms with Crippen molar-refractivity contribution in [2.24, 2.45) is 0 Å². The fourth-order valence-corrected chi connectivity index (χ4v) is 3.77. The van der Waals surface area contributed by atoms with Crippen LogP contribution in [0.4, 0.5) is 5.00 Å². The average molecular weight is 307 g/mol. The quantitative estimate of drug-likeness (QED) is 0.722. The molecule has 2 aromatic rings. The van der Waals surface area contributed by atoms with E-state index in [4.69, 9.17) is 4.74 Å². The molecule has 4 heteroatoms. The van der Waals surface area contributed by atoms with Crippen molar-refractivity contribution < 1.29 is 4.74 Å². The number of anilines is 1. The third-order valence-corrected chi connectivity index (χ3v) is 5.66. The second-order valence-electron chi connectivity index (χ2n) is 4.92. The molecule has 0 atom stereocenters. The Morgan fingerprint density at radius 2 is 2.00 bits per heavy atom. The van der Waals surface area contributed by atoms with Crippen LogP contribution in [-0.4, -0.2) is 26.5 Å². The van der Waals surface area contributed by atoms with Crippen LogP contribution < -0.4 is 9.64 Å². The minimum Gasteiger partial charge on any atom is -0.497 e. The second-order valence-corrected chi connectivity index (χ2v) is 7.06. The maximum Gasteiger partial charge on any atom is 0.119 e. The summed E-state index contributed by atoms with van der Waals surface area (Å²) in [6.45, 7) is 4.43. The summed E-state index contributed by atoms with van der Waals surface area (Å²) in [5, 5.41) is 1.32. The van der Waals surface area contributed by atoms with Crippen LogP contribution in [0.2, 0.25) is 0 Å². The zero-order valence-electron chi connectivity index (χ0n) is 12.6. The Kier molecular flexibility index (Phi) is 5.00. The summed E-state index contributed by atoms with van der Waals surface area (Å²) in [6.07, 6.45) is 2.13. The molecule has 2 rings (SSSR count). The predicted molar refractivity (Wildman–Crippen MR) is 91.6 cm³/mol. The molecule has 0 bridgehead atoms. The lowest BCUT2D eigenvalue weighted by atomic mass is 10.1. The first-order valence-corrected chi connectivity index (χ1v) is 8.66. The van der Waals surface area contributed by atoms with Gasteiger partial charge in [0.1, 0.15) is 5.75 Å². The molecular formula is C16H21NOS2. The summed E-state index contributed by atoms with van der Waals surface area (Å²) in [6, 6.07) is 11.0. The molecule has 0 radical (unpaired) electrons. The van der Waals surface area contributed by atoms with Gasteiger partial charge in [-0.1, -0.05) is 12.1 Å². The molecule has 0 saturated heterocycles. The van der Waals surface area contributed by atoms with Crippen molar-refractivity contribution >= 4 is 28.1 Å². The van der Waals surface area contributed by atoms with Gasteiger partial charge in [0, 0.05) is 18.7 Å². The molecule has 1 aromatic heterocycles. The van der Waals surface area contributed by atoms with E-state index >= 15 is 0 Å². The van der Waals surface area contributed by atoms with Crippen LogP contribution in [0.15, 0.2) is 34.5 Å². The molecule has 0 fully saturated rings. The topological polar surface area (TPSA) is 12.5 Å². The van der Waals surface area contributed by atoms with Crippen LogP contribution in [-0.2, 0) is 0 Å². The lowest BCUT2D eigenvalue weighted by Gasteiger charge is -2.23. The summed E-state index contributed by atoms with van der Waals surface area (Å²) in [5.41, 5.74) is 2.50. The van der Waals surface area contributed by atoms with E-state index in [0.29, 0.717) is 6.04 Å². The van der Waals surface area contributed by atoms with Gasteiger partial charge in [-0.2, -0.15) is 0 Å². The van der Waals surface area contributed by atoms with Crippen LogP contribution in [0.3, 0.4) is 0 Å². The predicted octanol–water partition coefficient (Wildman–Crippen LogP) is 4.99. The number of thioether (sulfide) groups is 1. The van der Waals surface area contributed by atoms with E-state index in [2.05, 4.69) is 50.2 Å². The highest BCUT2D eigenvalue weighted by Gasteiger charge is 2.16. The molecule has 108 valence electrons. The molecule has 0 aliphatic carbocycles. The standard InChI is InChI=1S/C16H21NOS2/c1-11(2)17(3)16-14(10-15(19-5)20-16)12-7-6-8-13(9-12)18-4/h6-11H,1-5H3. The van der Waals surface area contributed by atoms with E-state index in [1.54, 1.807) is 18.9 Å². The Bertz CT molecular complexity index is 578. The smallest absolute Gasteiger partial charge is 0.119 e. The lowest BCUT2D eigenvalue weighted by Crippen LogP contribution is -2.25. The molecule has 20 heavy (non-hydrogen) atoms. The minimum absolute atomic E-state index is 0.479. The number of nitrogens with zero attached hydrogens (tertiary/aromatic N) is 1. The fourth-order valence-electron chi connectivity index (χ4n) is 1.95. The molecule has 0 aliphatic heterocycles.